The highest BCUT2D eigenvalue weighted by Crippen LogP contribution is 2.15. The van der Waals surface area contributed by atoms with Crippen LogP contribution in [-0.4, -0.2) is 36.4 Å². The molecule has 0 saturated carbocycles. The van der Waals surface area contributed by atoms with E-state index >= 15 is 0 Å². The smallest absolute Gasteiger partial charge is 0.306 e. The summed E-state index contributed by atoms with van der Waals surface area (Å²) in [4.78, 5) is 24.6. The van der Waals surface area contributed by atoms with Crippen molar-refractivity contribution < 1.29 is 24.2 Å². The van der Waals surface area contributed by atoms with Gasteiger partial charge in [-0.1, -0.05) is 287 Å². The van der Waals surface area contributed by atoms with Crippen LogP contribution in [0.5, 0.6) is 0 Å². The first-order valence-electron chi connectivity index (χ1n) is 32.0. The maximum atomic E-state index is 12.3. The van der Waals surface area contributed by atoms with Gasteiger partial charge in [0.2, 0.25) is 0 Å². The first kappa shape index (κ1) is 73.5. The van der Waals surface area contributed by atoms with Gasteiger partial charge >= 0.3 is 11.9 Å². The summed E-state index contributed by atoms with van der Waals surface area (Å²) in [6, 6.07) is 0. The van der Waals surface area contributed by atoms with E-state index in [1.54, 1.807) is 0 Å². The molecule has 1 atom stereocenters. The van der Waals surface area contributed by atoms with E-state index in [-0.39, 0.29) is 25.2 Å². The van der Waals surface area contributed by atoms with Crippen molar-refractivity contribution in [3.05, 3.63) is 158 Å². The quantitative estimate of drug-likeness (QED) is 0.0373. The molecule has 78 heavy (non-hydrogen) atoms. The number of rotatable bonds is 57. The van der Waals surface area contributed by atoms with Gasteiger partial charge in [0.05, 0.1) is 6.61 Å². The fraction of sp³-hybridized carbons (Fsp3) is 0.616. The van der Waals surface area contributed by atoms with E-state index in [4.69, 9.17) is 9.47 Å². The van der Waals surface area contributed by atoms with Crippen molar-refractivity contribution in [2.75, 3.05) is 13.2 Å². The molecule has 0 rings (SSSR count). The molecule has 0 spiro atoms. The summed E-state index contributed by atoms with van der Waals surface area (Å²) in [5.41, 5.74) is 0. The zero-order valence-corrected chi connectivity index (χ0v) is 50.4. The third-order valence-corrected chi connectivity index (χ3v) is 13.3. The number of esters is 2. The SMILES string of the molecule is CC/C=C\C/C=C\C/C=C\C/C=C\C/C=C\C/C=C\C/C=C\C/C=C\C/C=C\C/C=C\C/C=C\CCCCCCCC(=O)OC(CO)COC(=O)CCCCCCCCCCCCCCC/C=C\C/C=C\CCCCCCC. The Balaban J connectivity index is 3.62. The van der Waals surface area contributed by atoms with Gasteiger partial charge in [0, 0.05) is 12.8 Å². The first-order valence-corrected chi connectivity index (χ1v) is 32.0. The predicted octanol–water partition coefficient (Wildman–Crippen LogP) is 22.3. The summed E-state index contributed by atoms with van der Waals surface area (Å²) in [5, 5.41) is 9.68. The monoisotopic (exact) mass is 1070 g/mol. The Morgan fingerprint density at radius 1 is 0.308 bits per heavy atom. The molecule has 0 saturated heterocycles. The zero-order valence-electron chi connectivity index (χ0n) is 50.4. The van der Waals surface area contributed by atoms with Crippen molar-refractivity contribution in [1.29, 1.82) is 0 Å². The fourth-order valence-electron chi connectivity index (χ4n) is 8.53. The highest BCUT2D eigenvalue weighted by molar-refractivity contribution is 5.70. The average Bonchev–Trinajstić information content (AvgIpc) is 3.44. The average molecular weight is 1080 g/mol. The normalized spacial score (nSPS) is 13.3. The number of carbonyl (C=O) groups excluding carboxylic acids is 2. The van der Waals surface area contributed by atoms with Gasteiger partial charge in [-0.2, -0.15) is 0 Å². The van der Waals surface area contributed by atoms with Gasteiger partial charge in [0.15, 0.2) is 6.10 Å². The molecular formula is C73H118O5. The molecule has 0 aromatic heterocycles. The molecule has 440 valence electrons. The number of carbonyl (C=O) groups is 2. The van der Waals surface area contributed by atoms with Crippen LogP contribution >= 0.6 is 0 Å². The van der Waals surface area contributed by atoms with Crippen molar-refractivity contribution >= 4 is 11.9 Å². The lowest BCUT2D eigenvalue weighted by Gasteiger charge is -2.15. The van der Waals surface area contributed by atoms with Gasteiger partial charge in [-0.25, -0.2) is 0 Å². The standard InChI is InChI=1S/C73H118O5/c1-3-5-7-9-11-13-15-17-19-21-23-25-27-29-30-31-32-33-34-35-36-37-38-39-40-41-42-44-46-48-50-52-54-56-58-60-62-64-66-68-73(76)78-71(69-74)70-77-72(75)67-65-63-61-59-57-55-53-51-49-47-45-43-28-26-24-22-20-18-16-14-12-10-8-6-4-2/h5,7,11,13,16-19,22-25,29-30,32-33,35-36,38-39,41-42,46,48,52,54,71,74H,3-4,6,8-10,12,14-15,20-21,26-28,31,34,37,40,43-45,47,49-51,53,55-70H2,1-2H3/b7-5-,13-11-,18-16-,19-17-,24-22-,25-23-,30-29-,33-32-,36-35-,39-38-,42-41-,48-46-,54-52-. The summed E-state index contributed by atoms with van der Waals surface area (Å²) in [7, 11) is 0. The van der Waals surface area contributed by atoms with E-state index in [0.717, 1.165) is 135 Å². The Labute approximate surface area is 481 Å². The van der Waals surface area contributed by atoms with Crippen LogP contribution in [0.1, 0.15) is 271 Å². The van der Waals surface area contributed by atoms with Gasteiger partial charge in [0.1, 0.15) is 6.61 Å². The lowest BCUT2D eigenvalue weighted by atomic mass is 10.0. The van der Waals surface area contributed by atoms with Crippen LogP contribution in [0.15, 0.2) is 158 Å². The minimum absolute atomic E-state index is 0.0825. The number of hydrogen-bond acceptors (Lipinski definition) is 5. The van der Waals surface area contributed by atoms with Crippen LogP contribution in [0.2, 0.25) is 0 Å². The van der Waals surface area contributed by atoms with E-state index < -0.39 is 6.10 Å². The van der Waals surface area contributed by atoms with Crippen LogP contribution in [0.4, 0.5) is 0 Å². The highest BCUT2D eigenvalue weighted by Gasteiger charge is 2.16. The largest absolute Gasteiger partial charge is 0.462 e. The molecule has 1 N–H and O–H groups in total. The zero-order chi connectivity index (χ0) is 56.2. The Kier molecular flexibility index (Phi) is 63.0. The van der Waals surface area contributed by atoms with Crippen molar-refractivity contribution in [3.8, 4) is 0 Å². The van der Waals surface area contributed by atoms with Crippen LogP contribution in [0, 0.1) is 0 Å². The molecule has 0 amide bonds. The summed E-state index contributed by atoms with van der Waals surface area (Å²) in [5.74, 6) is -0.619. The topological polar surface area (TPSA) is 72.8 Å². The minimum atomic E-state index is -0.795. The Morgan fingerprint density at radius 3 is 0.833 bits per heavy atom. The fourth-order valence-corrected chi connectivity index (χ4v) is 8.53. The molecule has 0 aliphatic heterocycles. The van der Waals surface area contributed by atoms with Crippen molar-refractivity contribution in [1.82, 2.24) is 0 Å². The minimum Gasteiger partial charge on any atom is -0.462 e. The van der Waals surface area contributed by atoms with E-state index in [2.05, 4.69) is 172 Å². The number of ether oxygens (including phenoxy) is 2. The van der Waals surface area contributed by atoms with Gasteiger partial charge in [-0.05, 0) is 128 Å². The second-order valence-corrected chi connectivity index (χ2v) is 20.8. The lowest BCUT2D eigenvalue weighted by Crippen LogP contribution is -2.28. The number of unbranched alkanes of at least 4 members (excludes halogenated alkanes) is 23. The van der Waals surface area contributed by atoms with Crippen molar-refractivity contribution in [3.63, 3.8) is 0 Å². The second-order valence-electron chi connectivity index (χ2n) is 20.8. The number of allylic oxidation sites excluding steroid dienone is 26. The number of hydrogen-bond donors (Lipinski definition) is 1. The molecule has 1 unspecified atom stereocenters. The number of aliphatic hydroxyl groups is 1. The summed E-state index contributed by atoms with van der Waals surface area (Å²) in [6.45, 7) is 4.01. The van der Waals surface area contributed by atoms with Gasteiger partial charge in [-0.15, -0.1) is 0 Å². The molecule has 0 fully saturated rings. The molecule has 5 nitrogen and oxygen atoms in total. The van der Waals surface area contributed by atoms with Gasteiger partial charge in [-0.3, -0.25) is 9.59 Å². The Bertz CT molecular complexity index is 1690. The maximum absolute atomic E-state index is 12.3. The number of aliphatic hydroxyl groups excluding tert-OH is 1. The molecular weight excluding hydrogens is 957 g/mol. The maximum Gasteiger partial charge on any atom is 0.306 e. The summed E-state index contributed by atoms with van der Waals surface area (Å²) < 4.78 is 10.7. The molecule has 0 aromatic carbocycles. The van der Waals surface area contributed by atoms with Crippen LogP contribution in [0.25, 0.3) is 0 Å². The Morgan fingerprint density at radius 2 is 0.551 bits per heavy atom. The third-order valence-electron chi connectivity index (χ3n) is 13.3. The second kappa shape index (κ2) is 66.8. The lowest BCUT2D eigenvalue weighted by molar-refractivity contribution is -0.161. The van der Waals surface area contributed by atoms with Crippen molar-refractivity contribution in [2.45, 2.75) is 277 Å². The summed E-state index contributed by atoms with van der Waals surface area (Å²) in [6.07, 6.45) is 102. The van der Waals surface area contributed by atoms with E-state index in [9.17, 15) is 14.7 Å². The predicted molar refractivity (Wildman–Crippen MR) is 343 cm³/mol. The first-order chi connectivity index (χ1) is 38.6. The molecule has 0 aliphatic carbocycles. The molecule has 0 bridgehead atoms. The van der Waals surface area contributed by atoms with Crippen LogP contribution < -0.4 is 0 Å². The van der Waals surface area contributed by atoms with Gasteiger partial charge < -0.3 is 14.6 Å². The molecule has 5 heteroatoms. The third kappa shape index (κ3) is 64.0. The highest BCUT2D eigenvalue weighted by atomic mass is 16.6. The summed E-state index contributed by atoms with van der Waals surface area (Å²) >= 11 is 0. The van der Waals surface area contributed by atoms with Gasteiger partial charge in [0.25, 0.3) is 0 Å². The molecule has 0 aliphatic rings. The molecule has 0 radical (unpaired) electrons. The van der Waals surface area contributed by atoms with Crippen LogP contribution in [-0.2, 0) is 19.1 Å². The van der Waals surface area contributed by atoms with E-state index in [1.165, 1.54) is 109 Å². The van der Waals surface area contributed by atoms with E-state index in [1.807, 2.05) is 0 Å². The van der Waals surface area contributed by atoms with Crippen molar-refractivity contribution in [2.24, 2.45) is 0 Å². The Hall–Kier alpha value is -4.48. The molecule has 0 heterocycles. The molecule has 0 aromatic rings. The van der Waals surface area contributed by atoms with E-state index in [0.29, 0.717) is 12.8 Å². The van der Waals surface area contributed by atoms with Crippen LogP contribution in [0.3, 0.4) is 0 Å².